The van der Waals surface area contributed by atoms with Crippen molar-refractivity contribution in [3.8, 4) is 0 Å². The maximum atomic E-state index is 12.8. The Balaban J connectivity index is 1.72. The monoisotopic (exact) mass is 421 g/mol. The number of sulfonamides is 1. The van der Waals surface area contributed by atoms with E-state index < -0.39 is 10.0 Å². The largest absolute Gasteiger partial charge is 0.354 e. The Morgan fingerprint density at radius 3 is 2.55 bits per heavy atom. The number of rotatable bonds is 4. The summed E-state index contributed by atoms with van der Waals surface area (Å²) in [5.74, 6) is -0.418. The zero-order valence-corrected chi connectivity index (χ0v) is 17.9. The molecule has 2 aliphatic rings. The number of aryl methyl sites for hydroxylation is 1. The highest BCUT2D eigenvalue weighted by Crippen LogP contribution is 2.30. The highest BCUT2D eigenvalue weighted by atomic mass is 32.2. The Bertz CT molecular complexity index is 812. The van der Waals surface area contributed by atoms with E-state index in [9.17, 15) is 18.0 Å². The number of nitrogens with zero attached hydrogens (tertiary/aromatic N) is 2. The SMILES string of the molecule is CS(=O)(=O)N1CCN(C(=O)CCc2ccccc2)CCNC(=O)C2CCCCC21. The van der Waals surface area contributed by atoms with E-state index in [4.69, 9.17) is 0 Å². The molecule has 1 N–H and O–H groups in total. The van der Waals surface area contributed by atoms with Gasteiger partial charge in [-0.05, 0) is 24.8 Å². The van der Waals surface area contributed by atoms with Crippen molar-refractivity contribution in [3.05, 3.63) is 35.9 Å². The van der Waals surface area contributed by atoms with Gasteiger partial charge in [0.2, 0.25) is 21.8 Å². The molecule has 2 amide bonds. The average Bonchev–Trinajstić information content (AvgIpc) is 2.70. The fourth-order valence-corrected chi connectivity index (χ4v) is 5.58. The fourth-order valence-electron chi connectivity index (χ4n) is 4.42. The first-order valence-corrected chi connectivity index (χ1v) is 12.3. The lowest BCUT2D eigenvalue weighted by Gasteiger charge is -2.39. The molecule has 1 saturated carbocycles. The minimum Gasteiger partial charge on any atom is -0.354 e. The summed E-state index contributed by atoms with van der Waals surface area (Å²) in [6.07, 6.45) is 5.46. The summed E-state index contributed by atoms with van der Waals surface area (Å²) >= 11 is 0. The van der Waals surface area contributed by atoms with Crippen LogP contribution < -0.4 is 5.32 Å². The number of hydrogen-bond acceptors (Lipinski definition) is 4. The summed E-state index contributed by atoms with van der Waals surface area (Å²) in [5, 5.41) is 2.93. The van der Waals surface area contributed by atoms with E-state index in [1.54, 1.807) is 4.90 Å². The second-order valence-electron chi connectivity index (χ2n) is 7.99. The lowest BCUT2D eigenvalue weighted by atomic mass is 9.83. The fraction of sp³-hybridized carbons (Fsp3) is 0.619. The minimum atomic E-state index is -3.48. The lowest BCUT2D eigenvalue weighted by Crippen LogP contribution is -2.55. The molecule has 0 spiro atoms. The third kappa shape index (κ3) is 5.79. The van der Waals surface area contributed by atoms with Crippen LogP contribution in [0, 0.1) is 5.92 Å². The Hall–Kier alpha value is -1.93. The van der Waals surface area contributed by atoms with Gasteiger partial charge in [0.25, 0.3) is 0 Å². The Kier molecular flexibility index (Phi) is 7.29. The maximum absolute atomic E-state index is 12.8. The quantitative estimate of drug-likeness (QED) is 0.796. The first kappa shape index (κ1) is 21.8. The van der Waals surface area contributed by atoms with E-state index in [0.29, 0.717) is 45.3 Å². The molecule has 1 aliphatic heterocycles. The zero-order valence-electron chi connectivity index (χ0n) is 17.0. The van der Waals surface area contributed by atoms with Crippen molar-refractivity contribution < 1.29 is 18.0 Å². The molecule has 1 aliphatic carbocycles. The van der Waals surface area contributed by atoms with E-state index in [1.165, 1.54) is 10.6 Å². The van der Waals surface area contributed by atoms with Crippen molar-refractivity contribution in [3.63, 3.8) is 0 Å². The van der Waals surface area contributed by atoms with E-state index in [-0.39, 0.29) is 30.3 Å². The van der Waals surface area contributed by atoms with Gasteiger partial charge in [0.15, 0.2) is 0 Å². The molecular weight excluding hydrogens is 390 g/mol. The molecule has 1 heterocycles. The van der Waals surface area contributed by atoms with Crippen LogP contribution in [0.4, 0.5) is 0 Å². The summed E-state index contributed by atoms with van der Waals surface area (Å²) in [7, 11) is -3.48. The van der Waals surface area contributed by atoms with E-state index in [0.717, 1.165) is 18.4 Å². The molecule has 0 radical (unpaired) electrons. The molecule has 2 fully saturated rings. The summed E-state index contributed by atoms with van der Waals surface area (Å²) in [6, 6.07) is 9.50. The van der Waals surface area contributed by atoms with E-state index >= 15 is 0 Å². The molecule has 1 saturated heterocycles. The van der Waals surface area contributed by atoms with Crippen LogP contribution in [-0.4, -0.2) is 67.9 Å². The summed E-state index contributed by atoms with van der Waals surface area (Å²) < 4.78 is 26.4. The predicted molar refractivity (Wildman–Crippen MR) is 112 cm³/mol. The van der Waals surface area contributed by atoms with Gasteiger partial charge >= 0.3 is 0 Å². The van der Waals surface area contributed by atoms with Gasteiger partial charge in [-0.15, -0.1) is 0 Å². The first-order valence-electron chi connectivity index (χ1n) is 10.4. The van der Waals surface area contributed by atoms with Gasteiger partial charge in [-0.3, -0.25) is 9.59 Å². The van der Waals surface area contributed by atoms with E-state index in [1.807, 2.05) is 30.3 Å². The van der Waals surface area contributed by atoms with Crippen molar-refractivity contribution in [2.75, 3.05) is 32.4 Å². The zero-order chi connectivity index (χ0) is 20.9. The number of fused-ring (bicyclic) bond motifs is 1. The Morgan fingerprint density at radius 1 is 1.10 bits per heavy atom. The molecule has 8 heteroatoms. The molecule has 2 atom stereocenters. The normalized spacial score (nSPS) is 24.4. The van der Waals surface area contributed by atoms with Crippen LogP contribution in [0.5, 0.6) is 0 Å². The Labute approximate surface area is 173 Å². The van der Waals surface area contributed by atoms with Gasteiger partial charge in [0, 0.05) is 38.6 Å². The van der Waals surface area contributed by atoms with Gasteiger partial charge in [-0.1, -0.05) is 43.2 Å². The number of carbonyl (C=O) groups excluding carboxylic acids is 2. The summed E-state index contributed by atoms with van der Waals surface area (Å²) in [6.45, 7) is 1.39. The van der Waals surface area contributed by atoms with Gasteiger partial charge in [-0.25, -0.2) is 8.42 Å². The topological polar surface area (TPSA) is 86.8 Å². The minimum absolute atomic E-state index is 0.0164. The van der Waals surface area contributed by atoms with Gasteiger partial charge in [0.1, 0.15) is 0 Å². The van der Waals surface area contributed by atoms with Crippen LogP contribution in [0.25, 0.3) is 0 Å². The van der Waals surface area contributed by atoms with Crippen LogP contribution in [0.2, 0.25) is 0 Å². The standard InChI is InChI=1S/C21H31N3O4S/c1-29(27,28)24-16-15-23(20(25)12-11-17-7-3-2-4-8-17)14-13-22-21(26)18-9-5-6-10-19(18)24/h2-4,7-8,18-19H,5-6,9-16H2,1H3,(H,22,26). The highest BCUT2D eigenvalue weighted by Gasteiger charge is 2.39. The third-order valence-electron chi connectivity index (χ3n) is 5.96. The van der Waals surface area contributed by atoms with Crippen molar-refractivity contribution in [1.29, 1.82) is 0 Å². The molecule has 0 bridgehead atoms. The lowest BCUT2D eigenvalue weighted by molar-refractivity contribution is -0.133. The van der Waals surface area contributed by atoms with Crippen molar-refractivity contribution in [2.45, 2.75) is 44.6 Å². The van der Waals surface area contributed by atoms with Crippen LogP contribution in [0.15, 0.2) is 30.3 Å². The van der Waals surface area contributed by atoms with Gasteiger partial charge < -0.3 is 10.2 Å². The highest BCUT2D eigenvalue weighted by molar-refractivity contribution is 7.88. The molecule has 1 aromatic carbocycles. The molecule has 29 heavy (non-hydrogen) atoms. The smallest absolute Gasteiger partial charge is 0.224 e. The van der Waals surface area contributed by atoms with Gasteiger partial charge in [-0.2, -0.15) is 4.31 Å². The van der Waals surface area contributed by atoms with Crippen LogP contribution in [0.1, 0.15) is 37.7 Å². The molecular formula is C21H31N3O4S. The molecule has 7 nitrogen and oxygen atoms in total. The van der Waals surface area contributed by atoms with Crippen molar-refractivity contribution in [1.82, 2.24) is 14.5 Å². The van der Waals surface area contributed by atoms with Crippen molar-refractivity contribution in [2.24, 2.45) is 5.92 Å². The molecule has 160 valence electrons. The third-order valence-corrected chi connectivity index (χ3v) is 7.26. The Morgan fingerprint density at radius 2 is 1.83 bits per heavy atom. The number of carbonyl (C=O) groups is 2. The number of nitrogens with one attached hydrogen (secondary N) is 1. The van der Waals surface area contributed by atoms with Gasteiger partial charge in [0.05, 0.1) is 12.2 Å². The number of hydrogen-bond donors (Lipinski definition) is 1. The molecule has 0 aromatic heterocycles. The maximum Gasteiger partial charge on any atom is 0.224 e. The van der Waals surface area contributed by atoms with E-state index in [2.05, 4.69) is 5.32 Å². The summed E-state index contributed by atoms with van der Waals surface area (Å²) in [5.41, 5.74) is 1.10. The molecule has 1 aromatic rings. The molecule has 3 rings (SSSR count). The summed E-state index contributed by atoms with van der Waals surface area (Å²) in [4.78, 5) is 27.2. The van der Waals surface area contributed by atoms with Crippen LogP contribution in [0.3, 0.4) is 0 Å². The number of benzene rings is 1. The average molecular weight is 422 g/mol. The second-order valence-corrected chi connectivity index (χ2v) is 9.92. The second kappa shape index (κ2) is 9.71. The predicted octanol–water partition coefficient (Wildman–Crippen LogP) is 1.40. The van der Waals surface area contributed by atoms with Crippen molar-refractivity contribution >= 4 is 21.8 Å². The molecule has 2 unspecified atom stereocenters. The number of amides is 2. The van der Waals surface area contributed by atoms with Crippen LogP contribution in [-0.2, 0) is 26.0 Å². The van der Waals surface area contributed by atoms with Crippen LogP contribution >= 0.6 is 0 Å². The first-order chi connectivity index (χ1) is 13.9.